The van der Waals surface area contributed by atoms with Gasteiger partial charge in [0.05, 0.1) is 27.6 Å². The van der Waals surface area contributed by atoms with Crippen LogP contribution in [0.15, 0.2) is 59.7 Å². The monoisotopic (exact) mass is 364 g/mol. The first kappa shape index (κ1) is 15.0. The van der Waals surface area contributed by atoms with Crippen molar-refractivity contribution < 1.29 is 4.39 Å². The molecule has 5 aromatic rings. The molecule has 0 saturated heterocycles. The molecule has 5 nitrogen and oxygen atoms in total. The molecule has 0 aliphatic rings. The average molecular weight is 365 g/mol. The predicted octanol–water partition coefficient (Wildman–Crippen LogP) is 4.21. The third-order valence-corrected chi connectivity index (χ3v) is 4.64. The van der Waals surface area contributed by atoms with Crippen LogP contribution in [0.1, 0.15) is 0 Å². The number of aromatic amines is 1. The first-order valence-corrected chi connectivity index (χ1v) is 8.23. The Labute approximate surface area is 150 Å². The fourth-order valence-electron chi connectivity index (χ4n) is 3.20. The van der Waals surface area contributed by atoms with Gasteiger partial charge in [-0.3, -0.25) is 19.9 Å². The second-order valence-electron chi connectivity index (χ2n) is 5.95. The second-order valence-corrected chi connectivity index (χ2v) is 6.39. The van der Waals surface area contributed by atoms with E-state index >= 15 is 0 Å². The molecule has 0 unspecified atom stereocenters. The van der Waals surface area contributed by atoms with E-state index in [1.807, 2.05) is 6.07 Å². The van der Waals surface area contributed by atoms with Crippen LogP contribution in [-0.4, -0.2) is 19.7 Å². The Hall–Kier alpha value is -3.25. The van der Waals surface area contributed by atoms with Gasteiger partial charge in [0.2, 0.25) is 0 Å². The molecular weight excluding hydrogens is 355 g/mol. The average Bonchev–Trinajstić information content (AvgIpc) is 2.98. The third kappa shape index (κ3) is 2.12. The molecule has 1 N–H and O–H groups in total. The fourth-order valence-corrected chi connectivity index (χ4v) is 3.37. The van der Waals surface area contributed by atoms with Gasteiger partial charge in [-0.25, -0.2) is 9.07 Å². The maximum Gasteiger partial charge on any atom is 0.280 e. The number of pyridine rings is 2. The SMILES string of the molecule is O=c1c2cnc3ccc(F)cc3c2[nH]n1-c1ccnc2cc(Cl)ccc12. The summed E-state index contributed by atoms with van der Waals surface area (Å²) in [7, 11) is 0. The van der Waals surface area contributed by atoms with Crippen LogP contribution in [0.5, 0.6) is 0 Å². The van der Waals surface area contributed by atoms with Gasteiger partial charge in [0.1, 0.15) is 5.82 Å². The van der Waals surface area contributed by atoms with Crippen LogP contribution in [0, 0.1) is 5.82 Å². The van der Waals surface area contributed by atoms with Crippen LogP contribution in [0.4, 0.5) is 4.39 Å². The molecule has 126 valence electrons. The standard InChI is InChI=1S/C19H10ClFN4O/c20-10-1-3-12-16(7-10)22-6-5-17(12)25-19(26)14-9-23-15-4-2-11(21)8-13(15)18(14)24-25/h1-9,24H. The number of hydrogen-bond acceptors (Lipinski definition) is 3. The van der Waals surface area contributed by atoms with Crippen molar-refractivity contribution in [3.05, 3.63) is 76.1 Å². The molecule has 3 heterocycles. The van der Waals surface area contributed by atoms with Crippen molar-refractivity contribution in [2.75, 3.05) is 0 Å². The molecule has 0 amide bonds. The summed E-state index contributed by atoms with van der Waals surface area (Å²) in [5.41, 5.74) is 2.20. The quantitative estimate of drug-likeness (QED) is 0.484. The van der Waals surface area contributed by atoms with Gasteiger partial charge in [-0.05, 0) is 42.5 Å². The highest BCUT2D eigenvalue weighted by molar-refractivity contribution is 6.31. The highest BCUT2D eigenvalue weighted by Crippen LogP contribution is 2.25. The number of nitrogens with zero attached hydrogens (tertiary/aromatic N) is 3. The van der Waals surface area contributed by atoms with Gasteiger partial charge >= 0.3 is 0 Å². The van der Waals surface area contributed by atoms with E-state index in [4.69, 9.17) is 11.6 Å². The van der Waals surface area contributed by atoms with Crippen molar-refractivity contribution in [1.82, 2.24) is 19.7 Å². The van der Waals surface area contributed by atoms with Crippen molar-refractivity contribution in [3.8, 4) is 5.69 Å². The van der Waals surface area contributed by atoms with E-state index in [2.05, 4.69) is 15.1 Å². The Bertz CT molecular complexity index is 1390. The minimum atomic E-state index is -0.385. The zero-order chi connectivity index (χ0) is 17.8. The van der Waals surface area contributed by atoms with E-state index in [0.717, 1.165) is 5.39 Å². The number of fused-ring (bicyclic) bond motifs is 4. The van der Waals surface area contributed by atoms with Gasteiger partial charge in [0, 0.05) is 28.2 Å². The Kier molecular flexibility index (Phi) is 3.11. The van der Waals surface area contributed by atoms with E-state index in [9.17, 15) is 9.18 Å². The minimum absolute atomic E-state index is 0.263. The highest BCUT2D eigenvalue weighted by atomic mass is 35.5. The van der Waals surface area contributed by atoms with Gasteiger partial charge in [0.15, 0.2) is 0 Å². The van der Waals surface area contributed by atoms with Crippen molar-refractivity contribution in [2.24, 2.45) is 0 Å². The van der Waals surface area contributed by atoms with Crippen LogP contribution in [0.25, 0.3) is 38.4 Å². The van der Waals surface area contributed by atoms with Gasteiger partial charge < -0.3 is 0 Å². The minimum Gasteiger partial charge on any atom is -0.290 e. The number of halogens is 2. The lowest BCUT2D eigenvalue weighted by Gasteiger charge is -2.06. The summed E-state index contributed by atoms with van der Waals surface area (Å²) in [5.74, 6) is -0.385. The maximum absolute atomic E-state index is 13.7. The summed E-state index contributed by atoms with van der Waals surface area (Å²) in [4.78, 5) is 21.5. The number of rotatable bonds is 1. The smallest absolute Gasteiger partial charge is 0.280 e. The predicted molar refractivity (Wildman–Crippen MR) is 99.5 cm³/mol. The molecule has 5 rings (SSSR count). The van der Waals surface area contributed by atoms with Gasteiger partial charge in [0.25, 0.3) is 5.56 Å². The number of nitrogens with one attached hydrogen (secondary N) is 1. The number of benzene rings is 2. The zero-order valence-electron chi connectivity index (χ0n) is 13.2. The van der Waals surface area contributed by atoms with Gasteiger partial charge in [-0.2, -0.15) is 0 Å². The van der Waals surface area contributed by atoms with Crippen molar-refractivity contribution >= 4 is 44.3 Å². The molecule has 7 heteroatoms. The molecule has 0 atom stereocenters. The summed E-state index contributed by atoms with van der Waals surface area (Å²) in [6.07, 6.45) is 3.12. The summed E-state index contributed by atoms with van der Waals surface area (Å²) in [6, 6.07) is 11.3. The van der Waals surface area contributed by atoms with Crippen LogP contribution in [0.3, 0.4) is 0 Å². The van der Waals surface area contributed by atoms with Crippen LogP contribution in [0.2, 0.25) is 5.02 Å². The van der Waals surface area contributed by atoms with E-state index in [1.165, 1.54) is 23.0 Å². The van der Waals surface area contributed by atoms with Crippen LogP contribution < -0.4 is 5.56 Å². The highest BCUT2D eigenvalue weighted by Gasteiger charge is 2.14. The first-order chi connectivity index (χ1) is 12.6. The van der Waals surface area contributed by atoms with Crippen LogP contribution >= 0.6 is 11.6 Å². The molecule has 0 aliphatic heterocycles. The summed E-state index contributed by atoms with van der Waals surface area (Å²) >= 11 is 6.03. The van der Waals surface area contributed by atoms with Crippen molar-refractivity contribution in [1.29, 1.82) is 0 Å². The first-order valence-electron chi connectivity index (χ1n) is 7.85. The second kappa shape index (κ2) is 5.37. The molecule has 0 radical (unpaired) electrons. The molecule has 0 bridgehead atoms. The molecule has 26 heavy (non-hydrogen) atoms. The normalized spacial score (nSPS) is 11.6. The fraction of sp³-hybridized carbons (Fsp3) is 0. The zero-order valence-corrected chi connectivity index (χ0v) is 14.0. The molecule has 0 fully saturated rings. The van der Waals surface area contributed by atoms with Crippen molar-refractivity contribution in [2.45, 2.75) is 0 Å². The van der Waals surface area contributed by atoms with Crippen LogP contribution in [-0.2, 0) is 0 Å². The summed E-state index contributed by atoms with van der Waals surface area (Å²) in [6.45, 7) is 0. The molecular formula is C19H10ClFN4O. The number of hydrogen-bond donors (Lipinski definition) is 1. The van der Waals surface area contributed by atoms with E-state index in [1.54, 1.807) is 30.5 Å². The maximum atomic E-state index is 13.7. The Morgan fingerprint density at radius 2 is 1.85 bits per heavy atom. The largest absolute Gasteiger partial charge is 0.290 e. The van der Waals surface area contributed by atoms with Gasteiger partial charge in [-0.1, -0.05) is 11.6 Å². The molecule has 0 aliphatic carbocycles. The molecule has 3 aromatic heterocycles. The molecule has 0 saturated carbocycles. The Morgan fingerprint density at radius 3 is 2.73 bits per heavy atom. The molecule has 2 aromatic carbocycles. The lowest BCUT2D eigenvalue weighted by molar-refractivity contribution is 0.629. The topological polar surface area (TPSA) is 63.6 Å². The lowest BCUT2D eigenvalue weighted by Crippen LogP contribution is -2.14. The van der Waals surface area contributed by atoms with Crippen molar-refractivity contribution in [3.63, 3.8) is 0 Å². The Balaban J connectivity index is 1.89. The number of H-pyrrole nitrogens is 1. The third-order valence-electron chi connectivity index (χ3n) is 4.41. The van der Waals surface area contributed by atoms with E-state index < -0.39 is 0 Å². The van der Waals surface area contributed by atoms with Gasteiger partial charge in [-0.15, -0.1) is 0 Å². The Morgan fingerprint density at radius 1 is 0.962 bits per heavy atom. The summed E-state index contributed by atoms with van der Waals surface area (Å²) in [5, 5.41) is 5.38. The summed E-state index contributed by atoms with van der Waals surface area (Å²) < 4.78 is 15.1. The van der Waals surface area contributed by atoms with E-state index in [0.29, 0.717) is 38.0 Å². The molecule has 0 spiro atoms. The lowest BCUT2D eigenvalue weighted by atomic mass is 10.1. The van der Waals surface area contributed by atoms with E-state index in [-0.39, 0.29) is 11.4 Å². The number of aromatic nitrogens is 4.